The fraction of sp³-hybridized carbons (Fsp3) is 0.440. The van der Waals surface area contributed by atoms with Crippen LogP contribution in [0.1, 0.15) is 35.2 Å². The first-order valence-electron chi connectivity index (χ1n) is 11.2. The lowest BCUT2D eigenvalue weighted by Gasteiger charge is -2.22. The second-order valence-electron chi connectivity index (χ2n) is 8.09. The number of hydrogen-bond donors (Lipinski definition) is 0. The average molecular weight is 439 g/mol. The van der Waals surface area contributed by atoms with E-state index in [0.29, 0.717) is 69.3 Å². The van der Waals surface area contributed by atoms with Crippen molar-refractivity contribution in [3.8, 4) is 17.2 Å². The van der Waals surface area contributed by atoms with Gasteiger partial charge >= 0.3 is 0 Å². The Labute approximate surface area is 188 Å². The van der Waals surface area contributed by atoms with Crippen LogP contribution in [0.25, 0.3) is 0 Å². The number of rotatable bonds is 5. The molecule has 1 saturated heterocycles. The Morgan fingerprint density at radius 2 is 1.59 bits per heavy atom. The SMILES string of the molecule is COc1ccc(CCC(=O)N2CCCN(C(=O)c3ccc4c(c3)OCCCO4)CC2)cc1. The number of hydrogen-bond acceptors (Lipinski definition) is 5. The zero-order chi connectivity index (χ0) is 22.3. The Kier molecular flexibility index (Phi) is 7.14. The van der Waals surface area contributed by atoms with Crippen molar-refractivity contribution in [1.82, 2.24) is 9.80 Å². The molecule has 2 heterocycles. The predicted octanol–water partition coefficient (Wildman–Crippen LogP) is 3.16. The zero-order valence-electron chi connectivity index (χ0n) is 18.5. The molecule has 2 aliphatic rings. The largest absolute Gasteiger partial charge is 0.497 e. The van der Waals surface area contributed by atoms with Gasteiger partial charge in [0.25, 0.3) is 5.91 Å². The second-order valence-corrected chi connectivity index (χ2v) is 8.09. The number of benzene rings is 2. The Balaban J connectivity index is 1.31. The van der Waals surface area contributed by atoms with Gasteiger partial charge in [-0.3, -0.25) is 9.59 Å². The van der Waals surface area contributed by atoms with Crippen LogP contribution in [-0.4, -0.2) is 68.1 Å². The van der Waals surface area contributed by atoms with Gasteiger partial charge in [-0.2, -0.15) is 0 Å². The fourth-order valence-corrected chi connectivity index (χ4v) is 4.05. The van der Waals surface area contributed by atoms with Crippen LogP contribution >= 0.6 is 0 Å². The minimum atomic E-state index is -0.0341. The quantitative estimate of drug-likeness (QED) is 0.717. The molecule has 2 amide bonds. The normalized spacial score (nSPS) is 16.2. The standard InChI is InChI=1S/C25H30N2O5/c1-30-21-8-4-19(5-9-21)6-11-24(28)26-12-2-13-27(15-14-26)25(29)20-7-10-22-23(18-20)32-17-3-16-31-22/h4-5,7-10,18H,2-3,6,11-17H2,1H3. The number of amides is 2. The molecule has 7 heteroatoms. The smallest absolute Gasteiger partial charge is 0.254 e. The molecule has 7 nitrogen and oxygen atoms in total. The summed E-state index contributed by atoms with van der Waals surface area (Å²) in [7, 11) is 1.64. The Morgan fingerprint density at radius 1 is 0.875 bits per heavy atom. The van der Waals surface area contributed by atoms with Crippen molar-refractivity contribution in [3.63, 3.8) is 0 Å². The molecule has 2 aromatic rings. The van der Waals surface area contributed by atoms with E-state index in [1.165, 1.54) is 0 Å². The number of nitrogens with zero attached hydrogens (tertiary/aromatic N) is 2. The zero-order valence-corrected chi connectivity index (χ0v) is 18.5. The molecule has 32 heavy (non-hydrogen) atoms. The van der Waals surface area contributed by atoms with Gasteiger partial charge in [-0.1, -0.05) is 12.1 Å². The van der Waals surface area contributed by atoms with Gasteiger partial charge in [-0.15, -0.1) is 0 Å². The molecule has 2 aromatic carbocycles. The van der Waals surface area contributed by atoms with Gasteiger partial charge in [0, 0.05) is 44.6 Å². The number of aryl methyl sites for hydroxylation is 1. The Morgan fingerprint density at radius 3 is 2.38 bits per heavy atom. The van der Waals surface area contributed by atoms with Crippen molar-refractivity contribution >= 4 is 11.8 Å². The fourth-order valence-electron chi connectivity index (χ4n) is 4.05. The first-order chi connectivity index (χ1) is 15.6. The summed E-state index contributed by atoms with van der Waals surface area (Å²) in [6.45, 7) is 3.60. The highest BCUT2D eigenvalue weighted by atomic mass is 16.5. The third kappa shape index (κ3) is 5.33. The third-order valence-electron chi connectivity index (χ3n) is 5.92. The summed E-state index contributed by atoms with van der Waals surface area (Å²) < 4.78 is 16.6. The lowest BCUT2D eigenvalue weighted by atomic mass is 10.1. The average Bonchev–Trinajstić information content (AvgIpc) is 3.23. The third-order valence-corrected chi connectivity index (χ3v) is 5.92. The highest BCUT2D eigenvalue weighted by Crippen LogP contribution is 2.31. The first-order valence-corrected chi connectivity index (χ1v) is 11.2. The van der Waals surface area contributed by atoms with Crippen LogP contribution in [0.2, 0.25) is 0 Å². The van der Waals surface area contributed by atoms with Gasteiger partial charge in [0.1, 0.15) is 5.75 Å². The van der Waals surface area contributed by atoms with Crippen LogP contribution in [0.5, 0.6) is 17.2 Å². The number of carbonyl (C=O) groups excluding carboxylic acids is 2. The van der Waals surface area contributed by atoms with E-state index in [1.807, 2.05) is 34.1 Å². The van der Waals surface area contributed by atoms with Crippen molar-refractivity contribution in [1.29, 1.82) is 0 Å². The van der Waals surface area contributed by atoms with Crippen LogP contribution < -0.4 is 14.2 Å². The maximum absolute atomic E-state index is 13.1. The van der Waals surface area contributed by atoms with Gasteiger partial charge in [0.05, 0.1) is 20.3 Å². The van der Waals surface area contributed by atoms with Crippen LogP contribution in [0.4, 0.5) is 0 Å². The van der Waals surface area contributed by atoms with Crippen molar-refractivity contribution in [2.45, 2.75) is 25.7 Å². The van der Waals surface area contributed by atoms with Gasteiger partial charge in [-0.05, 0) is 48.7 Å². The summed E-state index contributed by atoms with van der Waals surface area (Å²) in [5, 5.41) is 0. The molecule has 0 radical (unpaired) electrons. The number of carbonyl (C=O) groups is 2. The summed E-state index contributed by atoms with van der Waals surface area (Å²) >= 11 is 0. The summed E-state index contributed by atoms with van der Waals surface area (Å²) in [6, 6.07) is 13.2. The van der Waals surface area contributed by atoms with Gasteiger partial charge < -0.3 is 24.0 Å². The molecule has 2 aliphatic heterocycles. The van der Waals surface area contributed by atoms with E-state index in [-0.39, 0.29) is 11.8 Å². The topological polar surface area (TPSA) is 68.3 Å². The van der Waals surface area contributed by atoms with E-state index in [2.05, 4.69) is 0 Å². The number of fused-ring (bicyclic) bond motifs is 1. The lowest BCUT2D eigenvalue weighted by Crippen LogP contribution is -2.37. The molecular formula is C25H30N2O5. The molecule has 0 spiro atoms. The molecule has 0 saturated carbocycles. The lowest BCUT2D eigenvalue weighted by molar-refractivity contribution is -0.131. The number of ether oxygens (including phenoxy) is 3. The Bertz CT molecular complexity index is 944. The monoisotopic (exact) mass is 438 g/mol. The van der Waals surface area contributed by atoms with Crippen LogP contribution in [0, 0.1) is 0 Å². The maximum atomic E-state index is 13.1. The van der Waals surface area contributed by atoms with Gasteiger partial charge in [-0.25, -0.2) is 0 Å². The van der Waals surface area contributed by atoms with Gasteiger partial charge in [0.15, 0.2) is 11.5 Å². The van der Waals surface area contributed by atoms with E-state index in [0.717, 1.165) is 24.2 Å². The van der Waals surface area contributed by atoms with Crippen LogP contribution in [0.3, 0.4) is 0 Å². The van der Waals surface area contributed by atoms with Crippen molar-refractivity contribution in [2.24, 2.45) is 0 Å². The molecule has 1 fully saturated rings. The molecule has 170 valence electrons. The molecule has 0 aliphatic carbocycles. The molecule has 0 N–H and O–H groups in total. The number of methoxy groups -OCH3 is 1. The van der Waals surface area contributed by atoms with E-state index in [9.17, 15) is 9.59 Å². The van der Waals surface area contributed by atoms with Crippen molar-refractivity contribution in [2.75, 3.05) is 46.5 Å². The van der Waals surface area contributed by atoms with E-state index in [4.69, 9.17) is 14.2 Å². The predicted molar refractivity (Wildman–Crippen MR) is 120 cm³/mol. The molecule has 0 unspecified atom stereocenters. The highest BCUT2D eigenvalue weighted by Gasteiger charge is 2.24. The summed E-state index contributed by atoms with van der Waals surface area (Å²) in [6.07, 6.45) is 2.75. The Hall–Kier alpha value is -3.22. The highest BCUT2D eigenvalue weighted by molar-refractivity contribution is 5.95. The maximum Gasteiger partial charge on any atom is 0.254 e. The molecule has 0 aromatic heterocycles. The minimum absolute atomic E-state index is 0.0341. The minimum Gasteiger partial charge on any atom is -0.497 e. The van der Waals surface area contributed by atoms with Crippen LogP contribution in [0.15, 0.2) is 42.5 Å². The van der Waals surface area contributed by atoms with Crippen molar-refractivity contribution in [3.05, 3.63) is 53.6 Å². The molecule has 4 rings (SSSR count). The molecular weight excluding hydrogens is 408 g/mol. The van der Waals surface area contributed by atoms with E-state index < -0.39 is 0 Å². The summed E-state index contributed by atoms with van der Waals surface area (Å²) in [5.74, 6) is 2.21. The van der Waals surface area contributed by atoms with Crippen LogP contribution in [-0.2, 0) is 11.2 Å². The first kappa shape index (κ1) is 22.0. The summed E-state index contributed by atoms with van der Waals surface area (Å²) in [4.78, 5) is 29.5. The second kappa shape index (κ2) is 10.4. The molecule has 0 atom stereocenters. The van der Waals surface area contributed by atoms with Gasteiger partial charge in [0.2, 0.25) is 5.91 Å². The van der Waals surface area contributed by atoms with E-state index >= 15 is 0 Å². The molecule has 0 bridgehead atoms. The van der Waals surface area contributed by atoms with Crippen molar-refractivity contribution < 1.29 is 23.8 Å². The van der Waals surface area contributed by atoms with E-state index in [1.54, 1.807) is 25.3 Å². The summed E-state index contributed by atoms with van der Waals surface area (Å²) in [5.41, 5.74) is 1.70.